The maximum absolute atomic E-state index is 15.0. The summed E-state index contributed by atoms with van der Waals surface area (Å²) >= 11 is 0. The van der Waals surface area contributed by atoms with Crippen molar-refractivity contribution in [1.82, 2.24) is 0 Å². The molecule has 1 nitrogen and oxygen atoms in total. The molecule has 4 heteroatoms. The summed E-state index contributed by atoms with van der Waals surface area (Å²) in [6, 6.07) is 5.61. The highest BCUT2D eigenvalue weighted by atomic mass is 19.3. The minimum atomic E-state index is -2.83. The number of nitriles is 1. The SMILES string of the molecule is C=CC1CCC(C2CCC(C3CCC(C(F)(F)Cc4ccc(C#N)c(F)c4)CC3)CC2)CC1. The van der Waals surface area contributed by atoms with Crippen LogP contribution in [0.5, 0.6) is 0 Å². The highest BCUT2D eigenvalue weighted by molar-refractivity contribution is 5.33. The number of hydrogen-bond acceptors (Lipinski definition) is 1. The van der Waals surface area contributed by atoms with Gasteiger partial charge in [0.1, 0.15) is 11.9 Å². The molecule has 1 aromatic carbocycles. The predicted octanol–water partition coefficient (Wildman–Crippen LogP) is 8.48. The van der Waals surface area contributed by atoms with E-state index in [0.717, 1.165) is 36.7 Å². The topological polar surface area (TPSA) is 23.8 Å². The number of hydrogen-bond donors (Lipinski definition) is 0. The van der Waals surface area contributed by atoms with Crippen molar-refractivity contribution >= 4 is 0 Å². The summed E-state index contributed by atoms with van der Waals surface area (Å²) in [6.07, 6.45) is 15.2. The first-order chi connectivity index (χ1) is 15.9. The minimum absolute atomic E-state index is 0.0956. The smallest absolute Gasteiger partial charge is 0.206 e. The fourth-order valence-corrected chi connectivity index (χ4v) is 7.13. The summed E-state index contributed by atoms with van der Waals surface area (Å²) in [6.45, 7) is 3.96. The lowest BCUT2D eigenvalue weighted by molar-refractivity contribution is -0.0779. The van der Waals surface area contributed by atoms with Crippen molar-refractivity contribution in [3.05, 3.63) is 47.8 Å². The third kappa shape index (κ3) is 5.84. The van der Waals surface area contributed by atoms with Gasteiger partial charge in [-0.15, -0.1) is 6.58 Å². The fourth-order valence-electron chi connectivity index (χ4n) is 7.13. The molecular weight excluding hydrogens is 419 g/mol. The Bertz CT molecular complexity index is 833. The minimum Gasteiger partial charge on any atom is -0.206 e. The molecule has 3 aliphatic rings. The molecule has 0 radical (unpaired) electrons. The second-order valence-corrected chi connectivity index (χ2v) is 11.1. The van der Waals surface area contributed by atoms with Gasteiger partial charge in [-0.25, -0.2) is 13.2 Å². The van der Waals surface area contributed by atoms with Gasteiger partial charge in [-0.3, -0.25) is 0 Å². The Hall–Kier alpha value is -1.76. The molecule has 3 aliphatic carbocycles. The van der Waals surface area contributed by atoms with Crippen molar-refractivity contribution in [2.45, 2.75) is 89.4 Å². The van der Waals surface area contributed by atoms with Gasteiger partial charge in [-0.1, -0.05) is 12.1 Å². The van der Waals surface area contributed by atoms with Crippen LogP contribution < -0.4 is 0 Å². The lowest BCUT2D eigenvalue weighted by atomic mass is 9.64. The Morgan fingerprint density at radius 3 is 1.79 bits per heavy atom. The number of allylic oxidation sites excluding steroid dienone is 1. The molecule has 3 fully saturated rings. The average molecular weight is 458 g/mol. The van der Waals surface area contributed by atoms with Gasteiger partial charge in [-0.2, -0.15) is 5.26 Å². The molecule has 4 rings (SSSR count). The first-order valence-electron chi connectivity index (χ1n) is 13.1. The van der Waals surface area contributed by atoms with Gasteiger partial charge >= 0.3 is 0 Å². The fraction of sp³-hybridized carbons (Fsp3) is 0.690. The Labute approximate surface area is 197 Å². The van der Waals surface area contributed by atoms with Crippen molar-refractivity contribution in [3.8, 4) is 6.07 Å². The van der Waals surface area contributed by atoms with E-state index in [9.17, 15) is 13.2 Å². The lowest BCUT2D eigenvalue weighted by Gasteiger charge is -2.42. The van der Waals surface area contributed by atoms with Crippen LogP contribution in [0.3, 0.4) is 0 Å². The van der Waals surface area contributed by atoms with Crippen LogP contribution in [0.15, 0.2) is 30.9 Å². The molecule has 0 atom stereocenters. The second-order valence-electron chi connectivity index (χ2n) is 11.1. The van der Waals surface area contributed by atoms with Gasteiger partial charge in [-0.05, 0) is 124 Å². The van der Waals surface area contributed by atoms with Crippen molar-refractivity contribution < 1.29 is 13.2 Å². The standard InChI is InChI=1S/C29H38F3N/c1-2-20-3-6-22(7-4-20)23-9-11-24(12-10-23)25-13-15-27(16-14-25)29(31,32)18-21-5-8-26(19-33)28(30)17-21/h2,5,8,17,20,22-25,27H,1,3-4,6-7,9-16,18H2. The van der Waals surface area contributed by atoms with Crippen LogP contribution in [0.1, 0.15) is 88.2 Å². The van der Waals surface area contributed by atoms with E-state index >= 15 is 0 Å². The van der Waals surface area contributed by atoms with Crippen LogP contribution in [0.2, 0.25) is 0 Å². The summed E-state index contributed by atoms with van der Waals surface area (Å²) in [4.78, 5) is 0. The van der Waals surface area contributed by atoms with Gasteiger partial charge in [0.2, 0.25) is 0 Å². The Morgan fingerprint density at radius 1 is 0.848 bits per heavy atom. The molecule has 0 aromatic heterocycles. The summed E-state index contributed by atoms with van der Waals surface area (Å²) in [5.74, 6) is -0.350. The molecule has 0 amide bonds. The van der Waals surface area contributed by atoms with Crippen molar-refractivity contribution in [1.29, 1.82) is 5.26 Å². The molecule has 0 unspecified atom stereocenters. The molecule has 0 saturated heterocycles. The molecular formula is C29H38F3N. The maximum atomic E-state index is 15.0. The van der Waals surface area contributed by atoms with E-state index in [-0.39, 0.29) is 11.1 Å². The second kappa shape index (κ2) is 10.7. The van der Waals surface area contributed by atoms with Gasteiger partial charge < -0.3 is 0 Å². The molecule has 180 valence electrons. The van der Waals surface area contributed by atoms with E-state index in [4.69, 9.17) is 5.26 Å². The van der Waals surface area contributed by atoms with Crippen molar-refractivity contribution in [2.75, 3.05) is 0 Å². The quantitative estimate of drug-likeness (QED) is 0.393. The third-order valence-corrected chi connectivity index (χ3v) is 9.26. The van der Waals surface area contributed by atoms with Gasteiger partial charge in [0.25, 0.3) is 5.92 Å². The number of halogens is 3. The summed E-state index contributed by atoms with van der Waals surface area (Å²) < 4.78 is 43.8. The van der Waals surface area contributed by atoms with Crippen LogP contribution in [-0.4, -0.2) is 5.92 Å². The zero-order valence-electron chi connectivity index (χ0n) is 19.8. The molecule has 0 bridgehead atoms. The van der Waals surface area contributed by atoms with Gasteiger partial charge in [0.05, 0.1) is 5.56 Å². The number of benzene rings is 1. The van der Waals surface area contributed by atoms with E-state index < -0.39 is 24.1 Å². The van der Waals surface area contributed by atoms with Crippen LogP contribution >= 0.6 is 0 Å². The van der Waals surface area contributed by atoms with Crippen molar-refractivity contribution in [2.24, 2.45) is 35.5 Å². The number of nitrogens with zero attached hydrogens (tertiary/aromatic N) is 1. The molecule has 0 aliphatic heterocycles. The molecule has 1 aromatic rings. The van der Waals surface area contributed by atoms with Crippen LogP contribution in [0.25, 0.3) is 0 Å². The Kier molecular flexibility index (Phi) is 7.87. The van der Waals surface area contributed by atoms with E-state index in [1.165, 1.54) is 63.5 Å². The van der Waals surface area contributed by atoms with Crippen LogP contribution in [0, 0.1) is 52.7 Å². The highest BCUT2D eigenvalue weighted by Gasteiger charge is 2.43. The van der Waals surface area contributed by atoms with E-state index in [1.54, 1.807) is 6.07 Å². The monoisotopic (exact) mass is 457 g/mol. The summed E-state index contributed by atoms with van der Waals surface area (Å²) in [7, 11) is 0. The van der Waals surface area contributed by atoms with E-state index in [2.05, 4.69) is 12.7 Å². The number of rotatable bonds is 6. The Balaban J connectivity index is 1.23. The summed E-state index contributed by atoms with van der Waals surface area (Å²) in [5.41, 5.74) is 0.181. The van der Waals surface area contributed by atoms with E-state index in [1.807, 2.05) is 0 Å². The molecule has 0 heterocycles. The molecule has 3 saturated carbocycles. The zero-order chi connectivity index (χ0) is 23.4. The van der Waals surface area contributed by atoms with Crippen molar-refractivity contribution in [3.63, 3.8) is 0 Å². The van der Waals surface area contributed by atoms with Crippen LogP contribution in [0.4, 0.5) is 13.2 Å². The first-order valence-corrected chi connectivity index (χ1v) is 13.1. The van der Waals surface area contributed by atoms with Gasteiger partial charge in [0.15, 0.2) is 0 Å². The lowest BCUT2D eigenvalue weighted by Crippen LogP contribution is -2.36. The molecule has 0 spiro atoms. The van der Waals surface area contributed by atoms with E-state index in [0.29, 0.717) is 24.7 Å². The number of alkyl halides is 2. The normalized spacial score (nSPS) is 33.3. The largest absolute Gasteiger partial charge is 0.254 e. The first kappa shape index (κ1) is 24.4. The average Bonchev–Trinajstić information content (AvgIpc) is 2.84. The summed E-state index contributed by atoms with van der Waals surface area (Å²) in [5, 5.41) is 8.84. The zero-order valence-corrected chi connectivity index (χ0v) is 19.8. The highest BCUT2D eigenvalue weighted by Crippen LogP contribution is 2.48. The third-order valence-electron chi connectivity index (χ3n) is 9.26. The predicted molar refractivity (Wildman–Crippen MR) is 126 cm³/mol. The maximum Gasteiger partial charge on any atom is 0.254 e. The molecule has 0 N–H and O–H groups in total. The molecule has 33 heavy (non-hydrogen) atoms. The Morgan fingerprint density at radius 2 is 1.33 bits per heavy atom. The van der Waals surface area contributed by atoms with Crippen LogP contribution in [-0.2, 0) is 6.42 Å². The van der Waals surface area contributed by atoms with Gasteiger partial charge in [0, 0.05) is 12.3 Å².